The first-order valence-electron chi connectivity index (χ1n) is 5.51. The Labute approximate surface area is 78.1 Å². The van der Waals surface area contributed by atoms with Crippen molar-refractivity contribution in [2.24, 2.45) is 5.92 Å². The second-order valence-electron chi connectivity index (χ2n) is 3.76. The maximum Gasteiger partial charge on any atom is 0.000438 e. The van der Waals surface area contributed by atoms with Gasteiger partial charge in [-0.15, -0.1) is 0 Å². The molecule has 0 aromatic heterocycles. The predicted octanol–water partition coefficient (Wildman–Crippen LogP) is 3.15. The summed E-state index contributed by atoms with van der Waals surface area (Å²) in [6.07, 6.45) is 4.30. The third-order valence-electron chi connectivity index (χ3n) is 2.07. The zero-order chi connectivity index (χ0) is 9.40. The van der Waals surface area contributed by atoms with Crippen LogP contribution in [0, 0.1) is 5.92 Å². The third-order valence-corrected chi connectivity index (χ3v) is 2.07. The molecule has 1 aliphatic rings. The average Bonchev–Trinajstić information content (AvgIpc) is 2.08. The van der Waals surface area contributed by atoms with Gasteiger partial charge in [-0.1, -0.05) is 34.1 Å². The van der Waals surface area contributed by atoms with Crippen molar-refractivity contribution < 1.29 is 0 Å². The fraction of sp³-hybridized carbons (Fsp3) is 1.00. The molecule has 12 heavy (non-hydrogen) atoms. The van der Waals surface area contributed by atoms with E-state index < -0.39 is 0 Å². The van der Waals surface area contributed by atoms with E-state index in [0.717, 1.165) is 5.92 Å². The van der Waals surface area contributed by atoms with Crippen LogP contribution in [0.3, 0.4) is 0 Å². The highest BCUT2D eigenvalue weighted by molar-refractivity contribution is 4.65. The Hall–Kier alpha value is -0.0400. The lowest BCUT2D eigenvalue weighted by Crippen LogP contribution is -2.32. The van der Waals surface area contributed by atoms with E-state index in [4.69, 9.17) is 0 Å². The van der Waals surface area contributed by atoms with Gasteiger partial charge in [-0.3, -0.25) is 0 Å². The van der Waals surface area contributed by atoms with Gasteiger partial charge in [0, 0.05) is 6.54 Å². The van der Waals surface area contributed by atoms with Gasteiger partial charge in [0.05, 0.1) is 0 Å². The minimum atomic E-state index is 0.845. The van der Waals surface area contributed by atoms with Crippen molar-refractivity contribution in [1.29, 1.82) is 0 Å². The van der Waals surface area contributed by atoms with E-state index >= 15 is 0 Å². The van der Waals surface area contributed by atoms with E-state index in [1.807, 2.05) is 13.8 Å². The van der Waals surface area contributed by atoms with Crippen LogP contribution in [0.25, 0.3) is 0 Å². The van der Waals surface area contributed by atoms with Crippen LogP contribution < -0.4 is 0 Å². The molecule has 74 valence electrons. The van der Waals surface area contributed by atoms with Gasteiger partial charge in [0.25, 0.3) is 0 Å². The van der Waals surface area contributed by atoms with Crippen LogP contribution in [-0.2, 0) is 0 Å². The SMILES string of the molecule is CC.CC(C)CN1CCCCC1. The fourth-order valence-electron chi connectivity index (χ4n) is 1.66. The Balaban J connectivity index is 0.000000561. The molecule has 1 nitrogen and oxygen atoms in total. The zero-order valence-corrected chi connectivity index (χ0v) is 9.27. The molecule has 0 aromatic rings. The summed E-state index contributed by atoms with van der Waals surface area (Å²) in [5, 5.41) is 0. The van der Waals surface area contributed by atoms with Crippen molar-refractivity contribution in [2.75, 3.05) is 19.6 Å². The Morgan fingerprint density at radius 3 is 1.92 bits per heavy atom. The lowest BCUT2D eigenvalue weighted by atomic mass is 10.1. The molecule has 1 rings (SSSR count). The van der Waals surface area contributed by atoms with Crippen molar-refractivity contribution in [2.45, 2.75) is 47.0 Å². The number of piperidine rings is 1. The second-order valence-corrected chi connectivity index (χ2v) is 3.76. The molecular weight excluding hydrogens is 146 g/mol. The highest BCUT2D eigenvalue weighted by Crippen LogP contribution is 2.09. The minimum Gasteiger partial charge on any atom is -0.303 e. The number of rotatable bonds is 2. The van der Waals surface area contributed by atoms with E-state index in [1.165, 1.54) is 38.9 Å². The van der Waals surface area contributed by atoms with E-state index in [1.54, 1.807) is 0 Å². The number of hydrogen-bond donors (Lipinski definition) is 0. The summed E-state index contributed by atoms with van der Waals surface area (Å²) in [5.74, 6) is 0.845. The summed E-state index contributed by atoms with van der Waals surface area (Å²) in [6.45, 7) is 12.6. The van der Waals surface area contributed by atoms with Crippen molar-refractivity contribution >= 4 is 0 Å². The lowest BCUT2D eigenvalue weighted by Gasteiger charge is -2.27. The highest BCUT2D eigenvalue weighted by Gasteiger charge is 2.10. The maximum absolute atomic E-state index is 2.59. The molecule has 0 bridgehead atoms. The first-order chi connectivity index (χ1) is 5.79. The van der Waals surface area contributed by atoms with Crippen LogP contribution in [0.1, 0.15) is 47.0 Å². The monoisotopic (exact) mass is 171 g/mol. The normalized spacial score (nSPS) is 18.8. The molecule has 1 aliphatic heterocycles. The molecule has 0 radical (unpaired) electrons. The summed E-state index contributed by atoms with van der Waals surface area (Å²) in [5.41, 5.74) is 0. The van der Waals surface area contributed by atoms with Crippen LogP contribution in [-0.4, -0.2) is 24.5 Å². The van der Waals surface area contributed by atoms with Gasteiger partial charge in [-0.25, -0.2) is 0 Å². The lowest BCUT2D eigenvalue weighted by molar-refractivity contribution is 0.206. The Kier molecular flexibility index (Phi) is 7.58. The molecule has 0 unspecified atom stereocenters. The van der Waals surface area contributed by atoms with Gasteiger partial charge < -0.3 is 4.90 Å². The van der Waals surface area contributed by atoms with Crippen molar-refractivity contribution in [3.05, 3.63) is 0 Å². The first kappa shape index (κ1) is 12.0. The van der Waals surface area contributed by atoms with Crippen molar-refractivity contribution in [1.82, 2.24) is 4.90 Å². The molecule has 0 spiro atoms. The quantitative estimate of drug-likeness (QED) is 0.617. The van der Waals surface area contributed by atoms with Crippen LogP contribution in [0.15, 0.2) is 0 Å². The molecule has 0 aliphatic carbocycles. The van der Waals surface area contributed by atoms with Crippen molar-refractivity contribution in [3.8, 4) is 0 Å². The van der Waals surface area contributed by atoms with Crippen molar-refractivity contribution in [3.63, 3.8) is 0 Å². The zero-order valence-electron chi connectivity index (χ0n) is 9.27. The molecule has 0 N–H and O–H groups in total. The van der Waals surface area contributed by atoms with Crippen LogP contribution >= 0.6 is 0 Å². The van der Waals surface area contributed by atoms with E-state index in [2.05, 4.69) is 18.7 Å². The Morgan fingerprint density at radius 1 is 1.00 bits per heavy atom. The van der Waals surface area contributed by atoms with E-state index in [0.29, 0.717) is 0 Å². The predicted molar refractivity (Wildman–Crippen MR) is 56.5 cm³/mol. The maximum atomic E-state index is 2.59. The highest BCUT2D eigenvalue weighted by atomic mass is 15.1. The fourth-order valence-corrected chi connectivity index (χ4v) is 1.66. The van der Waals surface area contributed by atoms with Gasteiger partial charge in [-0.2, -0.15) is 0 Å². The number of hydrogen-bond acceptors (Lipinski definition) is 1. The van der Waals surface area contributed by atoms with E-state index in [9.17, 15) is 0 Å². The number of likely N-dealkylation sites (tertiary alicyclic amines) is 1. The number of nitrogens with zero attached hydrogens (tertiary/aromatic N) is 1. The van der Waals surface area contributed by atoms with Crippen LogP contribution in [0.2, 0.25) is 0 Å². The summed E-state index contributed by atoms with van der Waals surface area (Å²) in [6, 6.07) is 0. The topological polar surface area (TPSA) is 3.24 Å². The summed E-state index contributed by atoms with van der Waals surface area (Å²) >= 11 is 0. The van der Waals surface area contributed by atoms with Gasteiger partial charge in [-0.05, 0) is 31.8 Å². The first-order valence-corrected chi connectivity index (χ1v) is 5.51. The molecule has 0 amide bonds. The van der Waals surface area contributed by atoms with Gasteiger partial charge in [0.1, 0.15) is 0 Å². The molecule has 0 aromatic carbocycles. The standard InChI is InChI=1S/C9H19N.C2H6/c1-9(2)8-10-6-4-3-5-7-10;1-2/h9H,3-8H2,1-2H3;1-2H3. The Bertz CT molecular complexity index is 83.0. The second kappa shape index (κ2) is 7.60. The smallest absolute Gasteiger partial charge is 0.000438 e. The third kappa shape index (κ3) is 5.59. The molecule has 1 heteroatoms. The van der Waals surface area contributed by atoms with Crippen LogP contribution in [0.4, 0.5) is 0 Å². The molecule has 1 saturated heterocycles. The molecule has 1 fully saturated rings. The largest absolute Gasteiger partial charge is 0.303 e. The van der Waals surface area contributed by atoms with E-state index in [-0.39, 0.29) is 0 Å². The van der Waals surface area contributed by atoms with Crippen LogP contribution in [0.5, 0.6) is 0 Å². The molecule has 0 atom stereocenters. The summed E-state index contributed by atoms with van der Waals surface area (Å²) in [4.78, 5) is 2.59. The molecule has 1 heterocycles. The summed E-state index contributed by atoms with van der Waals surface area (Å²) in [7, 11) is 0. The Morgan fingerprint density at radius 2 is 1.50 bits per heavy atom. The average molecular weight is 171 g/mol. The minimum absolute atomic E-state index is 0.845. The molecular formula is C11H25N. The van der Waals surface area contributed by atoms with Gasteiger partial charge in [0.15, 0.2) is 0 Å². The van der Waals surface area contributed by atoms with Gasteiger partial charge >= 0.3 is 0 Å². The summed E-state index contributed by atoms with van der Waals surface area (Å²) < 4.78 is 0. The van der Waals surface area contributed by atoms with Gasteiger partial charge in [0.2, 0.25) is 0 Å². The molecule has 0 saturated carbocycles.